The van der Waals surface area contributed by atoms with Crippen LogP contribution in [0.4, 0.5) is 0 Å². The van der Waals surface area contributed by atoms with Gasteiger partial charge in [0.05, 0.1) is 24.1 Å². The highest BCUT2D eigenvalue weighted by Gasteiger charge is 2.25. The van der Waals surface area contributed by atoms with Gasteiger partial charge in [-0.15, -0.1) is 0 Å². The second-order valence-electron chi connectivity index (χ2n) is 5.77. The van der Waals surface area contributed by atoms with Crippen LogP contribution in [-0.4, -0.2) is 23.2 Å². The van der Waals surface area contributed by atoms with E-state index in [-0.39, 0.29) is 11.4 Å². The minimum absolute atomic E-state index is 0.0183. The molecule has 7 nitrogen and oxygen atoms in total. The maximum absolute atomic E-state index is 12.5. The number of aryl methyl sites for hydroxylation is 2. The number of nitrogens with zero attached hydrogens (tertiary/aromatic N) is 3. The number of sulfonamides is 1. The average Bonchev–Trinajstić information content (AvgIpc) is 2.91. The Hall–Kier alpha value is -1.67. The van der Waals surface area contributed by atoms with Gasteiger partial charge < -0.3 is 4.42 Å². The van der Waals surface area contributed by atoms with Crippen LogP contribution in [0.25, 0.3) is 0 Å². The molecule has 22 heavy (non-hydrogen) atoms. The first-order valence-corrected chi connectivity index (χ1v) is 8.64. The fourth-order valence-electron chi connectivity index (χ4n) is 2.31. The van der Waals surface area contributed by atoms with Crippen molar-refractivity contribution in [3.8, 4) is 0 Å². The Balaban J connectivity index is 2.23. The van der Waals surface area contributed by atoms with Crippen molar-refractivity contribution in [1.29, 1.82) is 0 Å². The molecule has 0 amide bonds. The lowest BCUT2D eigenvalue weighted by molar-refractivity contribution is 0.463. The fourth-order valence-corrected chi connectivity index (χ4v) is 3.69. The van der Waals surface area contributed by atoms with E-state index < -0.39 is 10.0 Å². The van der Waals surface area contributed by atoms with Gasteiger partial charge in [-0.05, 0) is 26.7 Å². The molecule has 0 unspecified atom stereocenters. The maximum atomic E-state index is 12.5. The van der Waals surface area contributed by atoms with Crippen LogP contribution in [0.5, 0.6) is 0 Å². The van der Waals surface area contributed by atoms with E-state index in [0.29, 0.717) is 35.5 Å². The van der Waals surface area contributed by atoms with E-state index in [1.165, 1.54) is 0 Å². The highest BCUT2D eigenvalue weighted by molar-refractivity contribution is 7.89. The van der Waals surface area contributed by atoms with E-state index in [1.54, 1.807) is 31.6 Å². The molecule has 122 valence electrons. The van der Waals surface area contributed by atoms with Gasteiger partial charge >= 0.3 is 0 Å². The predicted molar refractivity (Wildman–Crippen MR) is 81.8 cm³/mol. The third kappa shape index (κ3) is 3.56. The Kier molecular flexibility index (Phi) is 4.72. The van der Waals surface area contributed by atoms with E-state index in [9.17, 15) is 8.42 Å². The molecule has 0 aliphatic rings. The van der Waals surface area contributed by atoms with Gasteiger partial charge in [0.25, 0.3) is 0 Å². The van der Waals surface area contributed by atoms with Crippen molar-refractivity contribution < 1.29 is 12.8 Å². The zero-order valence-electron chi connectivity index (χ0n) is 13.5. The molecule has 8 heteroatoms. The lowest BCUT2D eigenvalue weighted by atomic mass is 10.2. The van der Waals surface area contributed by atoms with Gasteiger partial charge in [-0.2, -0.15) is 5.10 Å². The van der Waals surface area contributed by atoms with Crippen molar-refractivity contribution in [3.63, 3.8) is 0 Å². The molecule has 0 bridgehead atoms. The SMILES string of the molecule is Cc1cnc(CNS(=O)(=O)c2c(C)nn(CC(C)C)c2C)o1. The summed E-state index contributed by atoms with van der Waals surface area (Å²) in [6.45, 7) is 10.1. The van der Waals surface area contributed by atoms with Crippen molar-refractivity contribution in [2.75, 3.05) is 0 Å². The van der Waals surface area contributed by atoms with Gasteiger partial charge in [0.1, 0.15) is 10.7 Å². The Morgan fingerprint density at radius 1 is 1.32 bits per heavy atom. The third-order valence-electron chi connectivity index (χ3n) is 3.20. The van der Waals surface area contributed by atoms with Crippen LogP contribution in [0.3, 0.4) is 0 Å². The Morgan fingerprint density at radius 3 is 2.55 bits per heavy atom. The first kappa shape index (κ1) is 16.7. The fraction of sp³-hybridized carbons (Fsp3) is 0.571. The number of oxazole rings is 1. The quantitative estimate of drug-likeness (QED) is 0.876. The van der Waals surface area contributed by atoms with E-state index in [4.69, 9.17) is 4.42 Å². The third-order valence-corrected chi connectivity index (χ3v) is 4.86. The molecule has 0 aliphatic heterocycles. The molecule has 0 radical (unpaired) electrons. The summed E-state index contributed by atoms with van der Waals surface area (Å²) in [5.74, 6) is 1.37. The van der Waals surface area contributed by atoms with Crippen LogP contribution in [0.2, 0.25) is 0 Å². The Labute approximate surface area is 130 Å². The average molecular weight is 326 g/mol. The summed E-state index contributed by atoms with van der Waals surface area (Å²) in [5, 5.41) is 4.33. The monoisotopic (exact) mass is 326 g/mol. The summed E-state index contributed by atoms with van der Waals surface area (Å²) in [6, 6.07) is 0. The molecule has 0 spiro atoms. The van der Waals surface area contributed by atoms with Gasteiger partial charge in [0.15, 0.2) is 0 Å². The Morgan fingerprint density at radius 2 is 2.00 bits per heavy atom. The maximum Gasteiger partial charge on any atom is 0.244 e. The van der Waals surface area contributed by atoms with Crippen molar-refractivity contribution in [1.82, 2.24) is 19.5 Å². The van der Waals surface area contributed by atoms with Crippen LogP contribution >= 0.6 is 0 Å². The minimum atomic E-state index is -3.66. The zero-order chi connectivity index (χ0) is 16.5. The number of nitrogens with one attached hydrogen (secondary N) is 1. The molecule has 2 rings (SSSR count). The van der Waals surface area contributed by atoms with Crippen molar-refractivity contribution >= 4 is 10.0 Å². The first-order valence-electron chi connectivity index (χ1n) is 7.15. The van der Waals surface area contributed by atoms with E-state index >= 15 is 0 Å². The summed E-state index contributed by atoms with van der Waals surface area (Å²) < 4.78 is 34.6. The van der Waals surface area contributed by atoms with Crippen LogP contribution in [-0.2, 0) is 23.1 Å². The molecular formula is C14H22N4O3S. The zero-order valence-corrected chi connectivity index (χ0v) is 14.4. The molecule has 2 heterocycles. The van der Waals surface area contributed by atoms with Crippen LogP contribution in [0.15, 0.2) is 15.5 Å². The summed E-state index contributed by atoms with van der Waals surface area (Å²) in [4.78, 5) is 4.22. The molecule has 0 aliphatic carbocycles. The van der Waals surface area contributed by atoms with Crippen molar-refractivity contribution in [3.05, 3.63) is 29.2 Å². The van der Waals surface area contributed by atoms with Crippen LogP contribution in [0, 0.1) is 26.7 Å². The van der Waals surface area contributed by atoms with Gasteiger partial charge in [-0.25, -0.2) is 18.1 Å². The molecule has 0 saturated heterocycles. The summed E-state index contributed by atoms with van der Waals surface area (Å²) in [5.41, 5.74) is 1.14. The highest BCUT2D eigenvalue weighted by atomic mass is 32.2. The standard InChI is InChI=1S/C14H22N4O3S/c1-9(2)8-18-12(5)14(11(4)17-18)22(19,20)16-7-13-15-6-10(3)21-13/h6,9,16H,7-8H2,1-5H3. The second kappa shape index (κ2) is 6.21. The van der Waals surface area contributed by atoms with Gasteiger partial charge in [0, 0.05) is 6.54 Å². The predicted octanol–water partition coefficient (Wildman–Crippen LogP) is 1.93. The van der Waals surface area contributed by atoms with Crippen LogP contribution < -0.4 is 4.72 Å². The van der Waals surface area contributed by atoms with E-state index in [1.807, 2.05) is 0 Å². The van der Waals surface area contributed by atoms with Gasteiger partial charge in [-0.1, -0.05) is 13.8 Å². The van der Waals surface area contributed by atoms with Crippen molar-refractivity contribution in [2.24, 2.45) is 5.92 Å². The summed E-state index contributed by atoms with van der Waals surface area (Å²) >= 11 is 0. The molecule has 0 fully saturated rings. The molecule has 0 atom stereocenters. The Bertz CT molecular complexity index is 759. The van der Waals surface area contributed by atoms with E-state index in [2.05, 4.69) is 28.7 Å². The highest BCUT2D eigenvalue weighted by Crippen LogP contribution is 2.20. The normalized spacial score (nSPS) is 12.3. The van der Waals surface area contributed by atoms with E-state index in [0.717, 1.165) is 0 Å². The lowest BCUT2D eigenvalue weighted by Crippen LogP contribution is -2.24. The molecule has 2 aromatic rings. The second-order valence-corrected chi connectivity index (χ2v) is 7.47. The van der Waals surface area contributed by atoms with Crippen molar-refractivity contribution in [2.45, 2.75) is 52.6 Å². The van der Waals surface area contributed by atoms with Crippen LogP contribution in [0.1, 0.15) is 36.9 Å². The molecular weight excluding hydrogens is 304 g/mol. The van der Waals surface area contributed by atoms with Gasteiger partial charge in [0.2, 0.25) is 15.9 Å². The number of aromatic nitrogens is 3. The summed E-state index contributed by atoms with van der Waals surface area (Å²) in [6.07, 6.45) is 1.56. The summed E-state index contributed by atoms with van der Waals surface area (Å²) in [7, 11) is -3.66. The molecule has 1 N–H and O–H groups in total. The number of hydrogen-bond donors (Lipinski definition) is 1. The largest absolute Gasteiger partial charge is 0.445 e. The lowest BCUT2D eigenvalue weighted by Gasteiger charge is -2.08. The van der Waals surface area contributed by atoms with Gasteiger partial charge in [-0.3, -0.25) is 4.68 Å². The molecule has 0 saturated carbocycles. The minimum Gasteiger partial charge on any atom is -0.445 e. The first-order chi connectivity index (χ1) is 10.2. The number of hydrogen-bond acceptors (Lipinski definition) is 5. The molecule has 2 aromatic heterocycles. The number of rotatable bonds is 6. The topological polar surface area (TPSA) is 90.0 Å². The molecule has 0 aromatic carbocycles. The smallest absolute Gasteiger partial charge is 0.244 e.